The van der Waals surface area contributed by atoms with Gasteiger partial charge in [-0.3, -0.25) is 4.79 Å². The van der Waals surface area contributed by atoms with E-state index in [0.29, 0.717) is 5.69 Å². The van der Waals surface area contributed by atoms with E-state index in [0.717, 1.165) is 16.2 Å². The van der Waals surface area contributed by atoms with Crippen molar-refractivity contribution in [3.63, 3.8) is 0 Å². The molecule has 0 amide bonds. The molecule has 82 valence electrons. The number of ketones is 1. The number of nitrogens with one attached hydrogen (secondary N) is 1. The number of thioether (sulfide) groups is 1. The Morgan fingerprint density at radius 2 is 2.06 bits per heavy atom. The summed E-state index contributed by atoms with van der Waals surface area (Å²) >= 11 is 1.69. The molecule has 0 fully saturated rings. The first-order chi connectivity index (χ1) is 7.83. The highest BCUT2D eigenvalue weighted by Gasteiger charge is 2.13. The lowest BCUT2D eigenvalue weighted by Gasteiger charge is -2.05. The number of carbonyl (C=O) groups excluding carboxylic acids is 1. The third-order valence-corrected chi connectivity index (χ3v) is 3.23. The first-order valence-corrected chi connectivity index (χ1v) is 6.21. The first kappa shape index (κ1) is 11.0. The molecular formula is C13H13NOS. The Morgan fingerprint density at radius 1 is 1.25 bits per heavy atom. The molecule has 0 radical (unpaired) electrons. The third kappa shape index (κ3) is 2.19. The van der Waals surface area contributed by atoms with Crippen LogP contribution >= 0.6 is 11.8 Å². The first-order valence-electron chi connectivity index (χ1n) is 5.23. The molecule has 3 heteroatoms. The molecule has 0 saturated carbocycles. The quantitative estimate of drug-likeness (QED) is 0.646. The van der Waals surface area contributed by atoms with Crippen LogP contribution in [0.2, 0.25) is 0 Å². The number of rotatable bonds is 4. The molecule has 0 atom stereocenters. The summed E-state index contributed by atoms with van der Waals surface area (Å²) in [6.07, 6.45) is 1.77. The van der Waals surface area contributed by atoms with Gasteiger partial charge < -0.3 is 4.98 Å². The van der Waals surface area contributed by atoms with Crippen molar-refractivity contribution in [2.45, 2.75) is 11.8 Å². The van der Waals surface area contributed by atoms with Gasteiger partial charge in [-0.25, -0.2) is 0 Å². The average Bonchev–Trinajstić information content (AvgIpc) is 2.83. The van der Waals surface area contributed by atoms with Crippen LogP contribution in [-0.2, 0) is 0 Å². The van der Waals surface area contributed by atoms with Crippen LogP contribution in [-0.4, -0.2) is 16.5 Å². The predicted octanol–water partition coefficient (Wildman–Crippen LogP) is 3.36. The lowest BCUT2D eigenvalue weighted by molar-refractivity contribution is 0.103. The lowest BCUT2D eigenvalue weighted by Crippen LogP contribution is -2.03. The highest BCUT2D eigenvalue weighted by Crippen LogP contribution is 2.24. The second kappa shape index (κ2) is 5.03. The van der Waals surface area contributed by atoms with E-state index in [9.17, 15) is 4.79 Å². The van der Waals surface area contributed by atoms with Crippen molar-refractivity contribution in [3.8, 4) is 0 Å². The Bertz CT molecular complexity index is 476. The van der Waals surface area contributed by atoms with E-state index in [1.54, 1.807) is 24.0 Å². The van der Waals surface area contributed by atoms with Crippen LogP contribution in [0.4, 0.5) is 0 Å². The van der Waals surface area contributed by atoms with Crippen LogP contribution in [0.1, 0.15) is 23.0 Å². The van der Waals surface area contributed by atoms with Crippen LogP contribution in [0, 0.1) is 0 Å². The molecule has 1 aromatic heterocycles. The molecule has 0 aliphatic heterocycles. The molecule has 2 rings (SSSR count). The third-order valence-electron chi connectivity index (χ3n) is 2.27. The number of hydrogen-bond acceptors (Lipinski definition) is 2. The van der Waals surface area contributed by atoms with Gasteiger partial charge in [-0.1, -0.05) is 19.1 Å². The van der Waals surface area contributed by atoms with Crippen LogP contribution in [0.15, 0.2) is 47.5 Å². The molecule has 2 nitrogen and oxygen atoms in total. The second-order valence-electron chi connectivity index (χ2n) is 3.34. The molecule has 16 heavy (non-hydrogen) atoms. The maximum absolute atomic E-state index is 12.2. The fourth-order valence-corrected chi connectivity index (χ4v) is 2.35. The highest BCUT2D eigenvalue weighted by molar-refractivity contribution is 7.99. The van der Waals surface area contributed by atoms with Crippen LogP contribution < -0.4 is 0 Å². The monoisotopic (exact) mass is 231 g/mol. The van der Waals surface area contributed by atoms with Gasteiger partial charge in [0.1, 0.15) is 0 Å². The molecule has 2 aromatic rings. The summed E-state index contributed by atoms with van der Waals surface area (Å²) in [5, 5.41) is 0. The van der Waals surface area contributed by atoms with Gasteiger partial charge >= 0.3 is 0 Å². The summed E-state index contributed by atoms with van der Waals surface area (Å²) in [5.41, 5.74) is 1.42. The molecule has 0 bridgehead atoms. The Balaban J connectivity index is 2.36. The van der Waals surface area contributed by atoms with E-state index < -0.39 is 0 Å². The Labute approximate surface area is 99.1 Å². The number of benzene rings is 1. The molecule has 1 heterocycles. The average molecular weight is 231 g/mol. The van der Waals surface area contributed by atoms with Crippen LogP contribution in [0.5, 0.6) is 0 Å². The largest absolute Gasteiger partial charge is 0.359 e. The molecular weight excluding hydrogens is 218 g/mol. The number of H-pyrrole nitrogens is 1. The molecule has 0 aliphatic carbocycles. The minimum atomic E-state index is 0.0570. The molecule has 1 aromatic carbocycles. The van der Waals surface area contributed by atoms with E-state index in [1.165, 1.54) is 0 Å². The summed E-state index contributed by atoms with van der Waals surface area (Å²) in [5.74, 6) is 1.02. The van der Waals surface area contributed by atoms with Gasteiger partial charge in [-0.15, -0.1) is 11.8 Å². The summed E-state index contributed by atoms with van der Waals surface area (Å²) in [6.45, 7) is 2.08. The van der Waals surface area contributed by atoms with Crippen molar-refractivity contribution in [3.05, 3.63) is 53.9 Å². The summed E-state index contributed by atoms with van der Waals surface area (Å²) < 4.78 is 0. The Morgan fingerprint density at radius 3 is 2.75 bits per heavy atom. The van der Waals surface area contributed by atoms with Gasteiger partial charge in [0.05, 0.1) is 5.69 Å². The van der Waals surface area contributed by atoms with Crippen molar-refractivity contribution >= 4 is 17.5 Å². The lowest BCUT2D eigenvalue weighted by atomic mass is 10.1. The van der Waals surface area contributed by atoms with Crippen molar-refractivity contribution in [1.29, 1.82) is 0 Å². The zero-order valence-electron chi connectivity index (χ0n) is 9.07. The Kier molecular flexibility index (Phi) is 3.47. The minimum absolute atomic E-state index is 0.0570. The smallest absolute Gasteiger partial charge is 0.210 e. The van der Waals surface area contributed by atoms with E-state index in [-0.39, 0.29) is 5.78 Å². The number of carbonyl (C=O) groups is 1. The van der Waals surface area contributed by atoms with Gasteiger partial charge in [0.2, 0.25) is 5.78 Å². The Hall–Kier alpha value is -1.48. The van der Waals surface area contributed by atoms with Gasteiger partial charge in [-0.05, 0) is 30.0 Å². The van der Waals surface area contributed by atoms with E-state index >= 15 is 0 Å². The maximum Gasteiger partial charge on any atom is 0.210 e. The van der Waals surface area contributed by atoms with E-state index in [1.807, 2.05) is 30.3 Å². The SMILES string of the molecule is CCSc1ccccc1C(=O)c1ccc[nH]1. The van der Waals surface area contributed by atoms with Crippen LogP contribution in [0.25, 0.3) is 0 Å². The summed E-state index contributed by atoms with van der Waals surface area (Å²) in [4.78, 5) is 16.2. The van der Waals surface area contributed by atoms with E-state index in [4.69, 9.17) is 0 Å². The molecule has 0 spiro atoms. The fraction of sp³-hybridized carbons (Fsp3) is 0.154. The molecule has 0 unspecified atom stereocenters. The number of hydrogen-bond donors (Lipinski definition) is 1. The molecule has 1 N–H and O–H groups in total. The van der Waals surface area contributed by atoms with Gasteiger partial charge in [0.25, 0.3) is 0 Å². The second-order valence-corrected chi connectivity index (χ2v) is 4.65. The molecule has 0 aliphatic rings. The zero-order valence-corrected chi connectivity index (χ0v) is 9.88. The van der Waals surface area contributed by atoms with Crippen LogP contribution in [0.3, 0.4) is 0 Å². The summed E-state index contributed by atoms with van der Waals surface area (Å²) in [6, 6.07) is 11.4. The summed E-state index contributed by atoms with van der Waals surface area (Å²) in [7, 11) is 0. The number of aromatic nitrogens is 1. The highest BCUT2D eigenvalue weighted by atomic mass is 32.2. The van der Waals surface area contributed by atoms with Gasteiger partial charge in [0.15, 0.2) is 0 Å². The topological polar surface area (TPSA) is 32.9 Å². The maximum atomic E-state index is 12.2. The number of aromatic amines is 1. The normalized spacial score (nSPS) is 10.3. The fourth-order valence-electron chi connectivity index (χ4n) is 1.55. The van der Waals surface area contributed by atoms with E-state index in [2.05, 4.69) is 11.9 Å². The zero-order chi connectivity index (χ0) is 11.4. The van der Waals surface area contributed by atoms with Crippen molar-refractivity contribution < 1.29 is 4.79 Å². The van der Waals surface area contributed by atoms with Crippen molar-refractivity contribution in [2.24, 2.45) is 0 Å². The molecule has 0 saturated heterocycles. The predicted molar refractivity (Wildman–Crippen MR) is 67.1 cm³/mol. The van der Waals surface area contributed by atoms with Gasteiger partial charge in [0, 0.05) is 16.7 Å². The minimum Gasteiger partial charge on any atom is -0.359 e. The van der Waals surface area contributed by atoms with Crippen molar-refractivity contribution in [2.75, 3.05) is 5.75 Å². The van der Waals surface area contributed by atoms with Crippen molar-refractivity contribution in [1.82, 2.24) is 4.98 Å². The van der Waals surface area contributed by atoms with Gasteiger partial charge in [-0.2, -0.15) is 0 Å². The standard InChI is InChI=1S/C13H13NOS/c1-2-16-12-8-4-3-6-10(12)13(15)11-7-5-9-14-11/h3-9,14H,2H2,1H3.